The molecule has 2 N–H and O–H groups in total. The Kier molecular flexibility index (Phi) is 2.44. The summed E-state index contributed by atoms with van der Waals surface area (Å²) in [6, 6.07) is 5.45. The monoisotopic (exact) mass is 217 g/mol. The van der Waals surface area contributed by atoms with Gasteiger partial charge in [-0.1, -0.05) is 11.8 Å². The quantitative estimate of drug-likeness (QED) is 0.757. The standard InChI is InChI=1S/C10H7N3OS/c11-5-7-9(12)8(15-10(7)13)4-6-2-1-3-14-6/h1-4,7,12-13H/b8-4+,12-9?,13-10?. The summed E-state index contributed by atoms with van der Waals surface area (Å²) in [7, 11) is 0. The van der Waals surface area contributed by atoms with Crippen LogP contribution in [0.15, 0.2) is 27.7 Å². The SMILES string of the molecule is N#CC1C(=N)S/C(=C/c2ccco2)C1=N. The molecule has 15 heavy (non-hydrogen) atoms. The molecule has 2 rings (SSSR count). The van der Waals surface area contributed by atoms with Crippen LogP contribution in [0.2, 0.25) is 0 Å². The van der Waals surface area contributed by atoms with Crippen LogP contribution in [0.4, 0.5) is 0 Å². The van der Waals surface area contributed by atoms with Crippen molar-refractivity contribution in [2.75, 3.05) is 0 Å². The molecule has 0 spiro atoms. The van der Waals surface area contributed by atoms with Gasteiger partial charge in [0, 0.05) is 4.91 Å². The maximum absolute atomic E-state index is 8.76. The Morgan fingerprint density at radius 1 is 1.53 bits per heavy atom. The number of allylic oxidation sites excluding steroid dienone is 1. The molecule has 1 saturated heterocycles. The van der Waals surface area contributed by atoms with Gasteiger partial charge in [0.1, 0.15) is 11.7 Å². The lowest BCUT2D eigenvalue weighted by atomic mass is 10.1. The van der Waals surface area contributed by atoms with Crippen molar-refractivity contribution in [1.82, 2.24) is 0 Å². The van der Waals surface area contributed by atoms with E-state index in [1.54, 1.807) is 24.5 Å². The minimum absolute atomic E-state index is 0.184. The van der Waals surface area contributed by atoms with Gasteiger partial charge in [0.05, 0.1) is 23.1 Å². The van der Waals surface area contributed by atoms with E-state index in [2.05, 4.69) is 0 Å². The van der Waals surface area contributed by atoms with E-state index in [0.717, 1.165) is 11.8 Å². The van der Waals surface area contributed by atoms with Crippen molar-refractivity contribution in [3.05, 3.63) is 29.1 Å². The molecule has 4 nitrogen and oxygen atoms in total. The van der Waals surface area contributed by atoms with E-state index in [1.807, 2.05) is 6.07 Å². The van der Waals surface area contributed by atoms with Gasteiger partial charge in [-0.2, -0.15) is 5.26 Å². The number of hydrogen-bond acceptors (Lipinski definition) is 5. The van der Waals surface area contributed by atoms with Gasteiger partial charge < -0.3 is 9.83 Å². The number of nitrogens with zero attached hydrogens (tertiary/aromatic N) is 1. The number of hydrogen-bond donors (Lipinski definition) is 2. The zero-order valence-corrected chi connectivity index (χ0v) is 8.47. The van der Waals surface area contributed by atoms with Crippen molar-refractivity contribution in [1.29, 1.82) is 16.1 Å². The summed E-state index contributed by atoms with van der Waals surface area (Å²) in [6.45, 7) is 0. The van der Waals surface area contributed by atoms with Crippen LogP contribution in [0.5, 0.6) is 0 Å². The Balaban J connectivity index is 2.31. The molecule has 0 aromatic carbocycles. The number of thioether (sulfide) groups is 1. The molecule has 1 aromatic heterocycles. The van der Waals surface area contributed by atoms with Crippen molar-refractivity contribution < 1.29 is 4.42 Å². The molecule has 0 amide bonds. The van der Waals surface area contributed by atoms with Gasteiger partial charge in [0.15, 0.2) is 0 Å². The third-order valence-corrected chi connectivity index (χ3v) is 3.00. The molecule has 1 atom stereocenters. The highest BCUT2D eigenvalue weighted by molar-refractivity contribution is 8.18. The molecule has 5 heteroatoms. The summed E-state index contributed by atoms with van der Waals surface area (Å²) >= 11 is 1.14. The smallest absolute Gasteiger partial charge is 0.136 e. The van der Waals surface area contributed by atoms with E-state index in [9.17, 15) is 0 Å². The highest BCUT2D eigenvalue weighted by atomic mass is 32.2. The molecular weight excluding hydrogens is 210 g/mol. The molecule has 0 bridgehead atoms. The van der Waals surface area contributed by atoms with Crippen molar-refractivity contribution in [3.63, 3.8) is 0 Å². The van der Waals surface area contributed by atoms with Crippen molar-refractivity contribution in [2.24, 2.45) is 5.92 Å². The minimum Gasteiger partial charge on any atom is -0.465 e. The van der Waals surface area contributed by atoms with Crippen LogP contribution in [-0.2, 0) is 0 Å². The summed E-state index contributed by atoms with van der Waals surface area (Å²) < 4.78 is 5.11. The van der Waals surface area contributed by atoms with Crippen LogP contribution in [0.25, 0.3) is 6.08 Å². The summed E-state index contributed by atoms with van der Waals surface area (Å²) in [5, 5.41) is 24.2. The van der Waals surface area contributed by atoms with Crippen LogP contribution in [0, 0.1) is 28.1 Å². The number of furan rings is 1. The topological polar surface area (TPSA) is 84.6 Å². The fourth-order valence-electron chi connectivity index (χ4n) is 1.24. The van der Waals surface area contributed by atoms with Crippen LogP contribution < -0.4 is 0 Å². The molecule has 1 aliphatic heterocycles. The summed E-state index contributed by atoms with van der Waals surface area (Å²) in [4.78, 5) is 0.612. The van der Waals surface area contributed by atoms with Gasteiger partial charge in [0.25, 0.3) is 0 Å². The molecule has 2 heterocycles. The predicted molar refractivity (Wildman–Crippen MR) is 58.8 cm³/mol. The van der Waals surface area contributed by atoms with Crippen molar-refractivity contribution in [2.45, 2.75) is 0 Å². The molecule has 1 aromatic rings. The zero-order valence-electron chi connectivity index (χ0n) is 7.65. The van der Waals surface area contributed by atoms with E-state index < -0.39 is 5.92 Å². The van der Waals surface area contributed by atoms with Gasteiger partial charge in [-0.25, -0.2) is 0 Å². The Bertz CT molecular complexity index is 481. The maximum Gasteiger partial charge on any atom is 0.136 e. The summed E-state index contributed by atoms with van der Waals surface area (Å²) in [5.41, 5.74) is 0.184. The van der Waals surface area contributed by atoms with Crippen LogP contribution in [-0.4, -0.2) is 10.8 Å². The Morgan fingerprint density at radius 3 is 2.87 bits per heavy atom. The van der Waals surface area contributed by atoms with Crippen molar-refractivity contribution in [3.8, 4) is 6.07 Å². The molecule has 1 fully saturated rings. The van der Waals surface area contributed by atoms with E-state index >= 15 is 0 Å². The second-order valence-electron chi connectivity index (χ2n) is 2.97. The molecular formula is C10H7N3OS. The first-order valence-electron chi connectivity index (χ1n) is 4.22. The lowest BCUT2D eigenvalue weighted by Gasteiger charge is -1.95. The first-order valence-corrected chi connectivity index (χ1v) is 5.04. The third kappa shape index (κ3) is 1.72. The van der Waals surface area contributed by atoms with E-state index in [4.69, 9.17) is 20.5 Å². The fourth-order valence-corrected chi connectivity index (χ4v) is 2.17. The molecule has 0 saturated carbocycles. The average molecular weight is 217 g/mol. The molecule has 74 valence electrons. The predicted octanol–water partition coefficient (Wildman–Crippen LogP) is 2.50. The van der Waals surface area contributed by atoms with Crippen LogP contribution >= 0.6 is 11.8 Å². The second kappa shape index (κ2) is 3.75. The van der Waals surface area contributed by atoms with E-state index in [1.165, 1.54) is 0 Å². The molecule has 1 aliphatic rings. The van der Waals surface area contributed by atoms with Gasteiger partial charge >= 0.3 is 0 Å². The summed E-state index contributed by atoms with van der Waals surface area (Å²) in [6.07, 6.45) is 3.22. The zero-order chi connectivity index (χ0) is 10.8. The van der Waals surface area contributed by atoms with E-state index in [-0.39, 0.29) is 10.8 Å². The van der Waals surface area contributed by atoms with Crippen LogP contribution in [0.3, 0.4) is 0 Å². The number of nitrogens with one attached hydrogen (secondary N) is 2. The largest absolute Gasteiger partial charge is 0.465 e. The third-order valence-electron chi connectivity index (χ3n) is 1.98. The average Bonchev–Trinajstić information content (AvgIpc) is 2.78. The van der Waals surface area contributed by atoms with Gasteiger partial charge in [-0.3, -0.25) is 5.41 Å². The normalized spacial score (nSPS) is 23.4. The lowest BCUT2D eigenvalue weighted by Crippen LogP contribution is -2.09. The van der Waals surface area contributed by atoms with Gasteiger partial charge in [-0.05, 0) is 18.2 Å². The van der Waals surface area contributed by atoms with Gasteiger partial charge in [-0.15, -0.1) is 0 Å². The lowest BCUT2D eigenvalue weighted by molar-refractivity contribution is 0.557. The molecule has 1 unspecified atom stereocenters. The first-order chi connectivity index (χ1) is 7.22. The highest BCUT2D eigenvalue weighted by Gasteiger charge is 2.32. The molecule has 0 radical (unpaired) electrons. The molecule has 0 aliphatic carbocycles. The maximum atomic E-state index is 8.76. The van der Waals surface area contributed by atoms with E-state index in [0.29, 0.717) is 10.7 Å². The van der Waals surface area contributed by atoms with Crippen LogP contribution in [0.1, 0.15) is 5.76 Å². The highest BCUT2D eigenvalue weighted by Crippen LogP contribution is 2.34. The second-order valence-corrected chi connectivity index (χ2v) is 4.05. The fraction of sp³-hybridized carbons (Fsp3) is 0.100. The summed E-state index contributed by atoms with van der Waals surface area (Å²) in [5.74, 6) is -0.0788. The number of rotatable bonds is 1. The Morgan fingerprint density at radius 2 is 2.33 bits per heavy atom. The minimum atomic E-state index is -0.712. The Labute approximate surface area is 90.6 Å². The number of nitriles is 1. The first kappa shape index (κ1) is 9.74. The van der Waals surface area contributed by atoms with Gasteiger partial charge in [0.2, 0.25) is 0 Å². The Hall–Kier alpha value is -1.80. The van der Waals surface area contributed by atoms with Crippen molar-refractivity contribution >= 4 is 28.6 Å².